The van der Waals surface area contributed by atoms with E-state index in [0.29, 0.717) is 5.69 Å². The standard InChI is InChI=1S/C8H7BrN2O2/c9-6-13-8(12)7-2-1-4-11(7)5-3-10/h1-2,4H,5-6H2. The number of nitrogens with zero attached hydrogens (tertiary/aromatic N) is 2. The van der Waals surface area contributed by atoms with Gasteiger partial charge in [0.1, 0.15) is 17.8 Å². The lowest BCUT2D eigenvalue weighted by Gasteiger charge is -2.02. The van der Waals surface area contributed by atoms with Crippen molar-refractivity contribution >= 4 is 21.9 Å². The Morgan fingerprint density at radius 2 is 2.54 bits per heavy atom. The zero-order chi connectivity index (χ0) is 9.68. The number of hydrogen-bond acceptors (Lipinski definition) is 3. The second-order valence-corrected chi connectivity index (χ2v) is 2.68. The zero-order valence-corrected chi connectivity index (χ0v) is 8.32. The molecule has 0 saturated carbocycles. The van der Waals surface area contributed by atoms with Crippen molar-refractivity contribution in [2.75, 3.05) is 5.52 Å². The van der Waals surface area contributed by atoms with Crippen LogP contribution in [-0.4, -0.2) is 16.1 Å². The smallest absolute Gasteiger partial charge is 0.355 e. The average molecular weight is 243 g/mol. The number of halogens is 1. The lowest BCUT2D eigenvalue weighted by Crippen LogP contribution is -2.10. The van der Waals surface area contributed by atoms with E-state index in [1.807, 2.05) is 6.07 Å². The van der Waals surface area contributed by atoms with Gasteiger partial charge in [-0.3, -0.25) is 0 Å². The average Bonchev–Trinajstić information content (AvgIpc) is 2.54. The highest BCUT2D eigenvalue weighted by molar-refractivity contribution is 9.09. The maximum atomic E-state index is 11.2. The summed E-state index contributed by atoms with van der Waals surface area (Å²) < 4.78 is 6.25. The number of esters is 1. The molecule has 0 atom stereocenters. The molecule has 68 valence electrons. The maximum absolute atomic E-state index is 11.2. The minimum Gasteiger partial charge on any atom is -0.449 e. The molecule has 0 fully saturated rings. The van der Waals surface area contributed by atoms with Crippen molar-refractivity contribution < 1.29 is 9.53 Å². The SMILES string of the molecule is N#CCn1cccc1C(=O)OCBr. The van der Waals surface area contributed by atoms with Crippen LogP contribution in [0.3, 0.4) is 0 Å². The van der Waals surface area contributed by atoms with Crippen LogP contribution in [0.4, 0.5) is 0 Å². The van der Waals surface area contributed by atoms with Gasteiger partial charge in [-0.15, -0.1) is 0 Å². The summed E-state index contributed by atoms with van der Waals surface area (Å²) in [7, 11) is 0. The summed E-state index contributed by atoms with van der Waals surface area (Å²) in [6, 6.07) is 5.26. The van der Waals surface area contributed by atoms with E-state index < -0.39 is 5.97 Å². The summed E-state index contributed by atoms with van der Waals surface area (Å²) in [5.41, 5.74) is 0.546. The molecule has 0 aliphatic heterocycles. The molecule has 0 bridgehead atoms. The number of alkyl halides is 1. The number of ether oxygens (including phenoxy) is 1. The Kier molecular flexibility index (Phi) is 3.53. The lowest BCUT2D eigenvalue weighted by molar-refractivity contribution is 0.0572. The molecule has 0 saturated heterocycles. The number of carbonyl (C=O) groups is 1. The fraction of sp³-hybridized carbons (Fsp3) is 0.250. The second kappa shape index (κ2) is 4.67. The van der Waals surface area contributed by atoms with Crippen LogP contribution in [0.15, 0.2) is 18.3 Å². The highest BCUT2D eigenvalue weighted by atomic mass is 79.9. The van der Waals surface area contributed by atoms with E-state index >= 15 is 0 Å². The molecule has 0 aromatic carbocycles. The molecular weight excluding hydrogens is 236 g/mol. The summed E-state index contributed by atoms with van der Waals surface area (Å²) in [6.07, 6.45) is 1.66. The van der Waals surface area contributed by atoms with Crippen molar-refractivity contribution in [1.82, 2.24) is 4.57 Å². The molecule has 0 unspecified atom stereocenters. The predicted octanol–water partition coefficient (Wildman–Crippen LogP) is 1.52. The molecule has 1 heterocycles. The molecule has 5 heteroatoms. The second-order valence-electron chi connectivity index (χ2n) is 2.22. The van der Waals surface area contributed by atoms with Crippen LogP contribution in [-0.2, 0) is 11.3 Å². The van der Waals surface area contributed by atoms with Crippen molar-refractivity contribution in [2.24, 2.45) is 0 Å². The van der Waals surface area contributed by atoms with Gasteiger partial charge in [-0.25, -0.2) is 4.79 Å². The van der Waals surface area contributed by atoms with Gasteiger partial charge in [0.15, 0.2) is 0 Å². The molecule has 0 radical (unpaired) electrons. The number of nitriles is 1. The minimum absolute atomic E-state index is 0.152. The molecule has 1 rings (SSSR count). The minimum atomic E-state index is -0.433. The topological polar surface area (TPSA) is 55.0 Å². The summed E-state index contributed by atoms with van der Waals surface area (Å²) in [5, 5.41) is 8.44. The van der Waals surface area contributed by atoms with Crippen molar-refractivity contribution in [3.8, 4) is 6.07 Å². The molecule has 13 heavy (non-hydrogen) atoms. The molecule has 1 aromatic rings. The fourth-order valence-electron chi connectivity index (χ4n) is 0.937. The first kappa shape index (κ1) is 9.81. The first-order valence-corrected chi connectivity index (χ1v) is 4.67. The van der Waals surface area contributed by atoms with E-state index in [1.165, 1.54) is 4.57 Å². The molecule has 1 aromatic heterocycles. The fourth-order valence-corrected chi connectivity index (χ4v) is 1.14. The Morgan fingerprint density at radius 1 is 1.77 bits per heavy atom. The third-order valence-electron chi connectivity index (χ3n) is 1.47. The Bertz CT molecular complexity index is 340. The van der Waals surface area contributed by atoms with Crippen LogP contribution < -0.4 is 0 Å². The largest absolute Gasteiger partial charge is 0.449 e. The lowest BCUT2D eigenvalue weighted by atomic mass is 10.4. The van der Waals surface area contributed by atoms with Crippen LogP contribution in [0.25, 0.3) is 0 Å². The van der Waals surface area contributed by atoms with Crippen LogP contribution in [0.5, 0.6) is 0 Å². The van der Waals surface area contributed by atoms with Gasteiger partial charge >= 0.3 is 5.97 Å². The number of rotatable bonds is 3. The molecule has 0 N–H and O–H groups in total. The number of carbonyl (C=O) groups excluding carboxylic acids is 1. The molecule has 0 aliphatic carbocycles. The zero-order valence-electron chi connectivity index (χ0n) is 6.74. The maximum Gasteiger partial charge on any atom is 0.355 e. The molecule has 0 spiro atoms. The Hall–Kier alpha value is -1.28. The van der Waals surface area contributed by atoms with E-state index in [-0.39, 0.29) is 12.1 Å². The Morgan fingerprint density at radius 3 is 3.15 bits per heavy atom. The van der Waals surface area contributed by atoms with E-state index in [4.69, 9.17) is 10.00 Å². The predicted molar refractivity (Wildman–Crippen MR) is 49.3 cm³/mol. The third kappa shape index (κ3) is 2.33. The quantitative estimate of drug-likeness (QED) is 0.597. The highest BCUT2D eigenvalue weighted by Gasteiger charge is 2.10. The van der Waals surface area contributed by atoms with Crippen LogP contribution in [0.2, 0.25) is 0 Å². The van der Waals surface area contributed by atoms with Gasteiger partial charge in [0.05, 0.1) is 6.07 Å². The van der Waals surface area contributed by atoms with Gasteiger partial charge in [-0.2, -0.15) is 5.26 Å². The third-order valence-corrected chi connectivity index (χ3v) is 1.69. The normalized spacial score (nSPS) is 9.23. The van der Waals surface area contributed by atoms with Crippen LogP contribution >= 0.6 is 15.9 Å². The molecular formula is C8H7BrN2O2. The van der Waals surface area contributed by atoms with Gasteiger partial charge in [0.25, 0.3) is 0 Å². The van der Waals surface area contributed by atoms with Gasteiger partial charge < -0.3 is 9.30 Å². The monoisotopic (exact) mass is 242 g/mol. The highest BCUT2D eigenvalue weighted by Crippen LogP contribution is 2.04. The summed E-state index contributed by atoms with van der Waals surface area (Å²) in [4.78, 5) is 11.2. The molecule has 4 nitrogen and oxygen atoms in total. The van der Waals surface area contributed by atoms with Crippen molar-refractivity contribution in [3.63, 3.8) is 0 Å². The van der Waals surface area contributed by atoms with Crippen LogP contribution in [0.1, 0.15) is 10.5 Å². The van der Waals surface area contributed by atoms with Crippen molar-refractivity contribution in [1.29, 1.82) is 5.26 Å². The summed E-state index contributed by atoms with van der Waals surface area (Å²) in [5.74, 6) is -0.433. The van der Waals surface area contributed by atoms with Gasteiger partial charge in [-0.1, -0.05) is 0 Å². The Labute approximate surface area is 83.8 Å². The first-order valence-electron chi connectivity index (χ1n) is 3.54. The molecule has 0 amide bonds. The van der Waals surface area contributed by atoms with E-state index in [0.717, 1.165) is 0 Å². The Balaban J connectivity index is 2.82. The summed E-state index contributed by atoms with van der Waals surface area (Å²) in [6.45, 7) is 0.152. The van der Waals surface area contributed by atoms with E-state index in [2.05, 4.69) is 15.9 Å². The molecule has 0 aliphatic rings. The van der Waals surface area contributed by atoms with Gasteiger partial charge in [0, 0.05) is 6.20 Å². The van der Waals surface area contributed by atoms with Crippen molar-refractivity contribution in [3.05, 3.63) is 24.0 Å². The first-order chi connectivity index (χ1) is 6.29. The van der Waals surface area contributed by atoms with Gasteiger partial charge in [-0.05, 0) is 28.1 Å². The summed E-state index contributed by atoms with van der Waals surface area (Å²) >= 11 is 2.98. The number of hydrogen-bond donors (Lipinski definition) is 0. The van der Waals surface area contributed by atoms with E-state index in [9.17, 15) is 4.79 Å². The van der Waals surface area contributed by atoms with E-state index in [1.54, 1.807) is 18.3 Å². The number of aromatic nitrogens is 1. The van der Waals surface area contributed by atoms with Crippen molar-refractivity contribution in [2.45, 2.75) is 6.54 Å². The van der Waals surface area contributed by atoms with Gasteiger partial charge in [0.2, 0.25) is 0 Å². The van der Waals surface area contributed by atoms with Crippen LogP contribution in [0, 0.1) is 11.3 Å².